The van der Waals surface area contributed by atoms with Gasteiger partial charge in [-0.3, -0.25) is 24.6 Å². The zero-order valence-corrected chi connectivity index (χ0v) is 17.6. The second-order valence-corrected chi connectivity index (χ2v) is 4.27. The molecular weight excluding hydrogens is 378 g/mol. The van der Waals surface area contributed by atoms with Crippen molar-refractivity contribution in [2.45, 2.75) is 27.7 Å². The molecule has 0 aromatic carbocycles. The highest BCUT2D eigenvalue weighted by Gasteiger charge is 1.88. The Bertz CT molecular complexity index is 527. The lowest BCUT2D eigenvalue weighted by atomic mass is 10.7. The van der Waals surface area contributed by atoms with Crippen molar-refractivity contribution in [1.82, 2.24) is 15.4 Å². The second kappa shape index (κ2) is 28.0. The van der Waals surface area contributed by atoms with Crippen LogP contribution in [0.4, 0.5) is 0 Å². The maximum absolute atomic E-state index is 10.1. The summed E-state index contributed by atoms with van der Waals surface area (Å²) in [7, 11) is 6.05. The van der Waals surface area contributed by atoms with E-state index in [1.165, 1.54) is 28.1 Å². The van der Waals surface area contributed by atoms with E-state index in [0.717, 1.165) is 12.2 Å². The van der Waals surface area contributed by atoms with E-state index in [1.807, 2.05) is 0 Å². The number of nitrogens with zero attached hydrogens (tertiary/aromatic N) is 4. The lowest BCUT2D eigenvalue weighted by molar-refractivity contribution is -0.161. The van der Waals surface area contributed by atoms with Gasteiger partial charge in [-0.25, -0.2) is 4.89 Å². The number of ether oxygens (including phenoxy) is 1. The zero-order chi connectivity index (χ0) is 22.1. The van der Waals surface area contributed by atoms with Gasteiger partial charge in [0.25, 0.3) is 0 Å². The van der Waals surface area contributed by atoms with Crippen LogP contribution in [0.3, 0.4) is 0 Å². The van der Waals surface area contributed by atoms with Crippen LogP contribution < -0.4 is 15.4 Å². The van der Waals surface area contributed by atoms with Gasteiger partial charge in [-0.1, -0.05) is 0 Å². The molecule has 0 aliphatic rings. The van der Waals surface area contributed by atoms with Crippen molar-refractivity contribution in [1.29, 1.82) is 10.5 Å². The van der Waals surface area contributed by atoms with Gasteiger partial charge >= 0.3 is 0 Å². The Morgan fingerprint density at radius 2 is 1.59 bits per heavy atom. The summed E-state index contributed by atoms with van der Waals surface area (Å²) in [5.74, 6) is 0.863. The van der Waals surface area contributed by atoms with Gasteiger partial charge in [0, 0.05) is 34.9 Å². The number of hydrogen-bond donors (Lipinski definition) is 3. The minimum atomic E-state index is -0.174. The molecule has 12 nitrogen and oxygen atoms in total. The number of nitrogens with one attached hydrogen (secondary N) is 3. The smallest absolute Gasteiger partial charge is 0.228 e. The third kappa shape index (κ3) is 51.7. The van der Waals surface area contributed by atoms with Crippen molar-refractivity contribution in [3.05, 3.63) is 0 Å². The minimum Gasteiger partial charge on any atom is -0.484 e. The zero-order valence-electron chi connectivity index (χ0n) is 16.7. The highest BCUT2D eigenvalue weighted by Crippen LogP contribution is 1.92. The Morgan fingerprint density at radius 3 is 1.78 bits per heavy atom. The van der Waals surface area contributed by atoms with Crippen LogP contribution in [-0.2, 0) is 23.5 Å². The molecule has 0 aromatic heterocycles. The van der Waals surface area contributed by atoms with Gasteiger partial charge in [0.15, 0.2) is 24.3 Å². The molecule has 0 unspecified atom stereocenters. The first-order valence-electron chi connectivity index (χ1n) is 7.03. The summed E-state index contributed by atoms with van der Waals surface area (Å²) in [4.78, 5) is 30.8. The van der Waals surface area contributed by atoms with E-state index in [9.17, 15) is 9.59 Å². The average Bonchev–Trinajstić information content (AvgIpc) is 2.63. The molecule has 0 saturated heterocycles. The summed E-state index contributed by atoms with van der Waals surface area (Å²) in [5, 5.41) is 20.5. The number of methoxy groups -OCH3 is 1. The molecule has 0 fully saturated rings. The molecule has 0 atom stereocenters. The number of aliphatic imine (C=N–C) groups is 2. The molecule has 0 heterocycles. The fraction of sp³-hybridized carbons (Fsp3) is 0.571. The van der Waals surface area contributed by atoms with Crippen molar-refractivity contribution in [3.8, 4) is 12.4 Å². The quantitative estimate of drug-likeness (QED) is 0.0702. The third-order valence-electron chi connectivity index (χ3n) is 1.71. The second-order valence-electron chi connectivity index (χ2n) is 3.76. The minimum absolute atomic E-state index is 0.00463. The summed E-state index contributed by atoms with van der Waals surface area (Å²) in [6, 6.07) is 0. The fourth-order valence-corrected chi connectivity index (χ4v) is 0.582. The molecule has 0 aliphatic carbocycles. The Morgan fingerprint density at radius 1 is 1.07 bits per heavy atom. The Labute approximate surface area is 164 Å². The lowest BCUT2D eigenvalue weighted by Crippen LogP contribution is -2.12. The molecule has 2 amide bonds. The van der Waals surface area contributed by atoms with Gasteiger partial charge in [0.1, 0.15) is 5.84 Å². The maximum atomic E-state index is 10.1. The number of amides is 2. The third-order valence-corrected chi connectivity index (χ3v) is 2.29. The first-order valence-corrected chi connectivity index (χ1v) is 7.77. The van der Waals surface area contributed by atoms with Crippen molar-refractivity contribution >= 4 is 35.8 Å². The first-order chi connectivity index (χ1) is 12.7. The molecule has 3 N–H and O–H groups in total. The number of carbonyl (C=O) groups is 2. The molecule has 0 saturated carbocycles. The van der Waals surface area contributed by atoms with E-state index < -0.39 is 0 Å². The van der Waals surface area contributed by atoms with Crippen molar-refractivity contribution in [3.63, 3.8) is 0 Å². The average molecular weight is 405 g/mol. The summed E-state index contributed by atoms with van der Waals surface area (Å²) in [6.45, 7) is 6.19. The standard InChI is InChI=1S/C4H7N3.C4H6N2O.C3H7NO3S.C3H7NO/c1-4(6-2)7-3-5;1-4(7-2)6-3-5;1-3(5)4-8-7-6-2;1-3(5)4-2/h1-2H3,(H,6,7);1-2H3;1-2H3,(H,4,5);1-2H3,(H,4,5). The predicted molar refractivity (Wildman–Crippen MR) is 103 cm³/mol. The molecule has 0 spiro atoms. The van der Waals surface area contributed by atoms with E-state index in [0.29, 0.717) is 11.7 Å². The molecule has 0 rings (SSSR count). The van der Waals surface area contributed by atoms with Gasteiger partial charge in [-0.2, -0.15) is 10.5 Å². The lowest BCUT2D eigenvalue weighted by Gasteiger charge is -1.94. The van der Waals surface area contributed by atoms with E-state index in [4.69, 9.17) is 10.5 Å². The molecule has 13 heteroatoms. The molecule has 27 heavy (non-hydrogen) atoms. The topological polar surface area (TPSA) is 170 Å². The molecule has 0 aromatic rings. The van der Waals surface area contributed by atoms with Crippen LogP contribution in [0, 0.1) is 22.9 Å². The Hall–Kier alpha value is -2.87. The first kappa shape index (κ1) is 31.9. The van der Waals surface area contributed by atoms with E-state index in [1.54, 1.807) is 40.3 Å². The molecule has 0 bridgehead atoms. The molecule has 0 radical (unpaired) electrons. The number of rotatable bonds is 3. The number of nitriles is 2. The van der Waals surface area contributed by atoms with Crippen LogP contribution in [0.1, 0.15) is 27.7 Å². The number of hydrogen-bond acceptors (Lipinski definition) is 10. The van der Waals surface area contributed by atoms with Crippen molar-refractivity contribution in [2.75, 3.05) is 28.3 Å². The SMILES string of the molecule is CN=C(C)NC#N.CNC(C)=O.COC(C)=NC#N.COOSNC(C)=O. The van der Waals surface area contributed by atoms with Gasteiger partial charge in [0.05, 0.1) is 14.2 Å². The number of amidine groups is 1. The van der Waals surface area contributed by atoms with Crippen molar-refractivity contribution in [2.24, 2.45) is 9.98 Å². The normalized spacial score (nSPS) is 9.11. The van der Waals surface area contributed by atoms with Crippen LogP contribution >= 0.6 is 12.2 Å². The summed E-state index contributed by atoms with van der Waals surface area (Å²) < 4.78 is 11.0. The monoisotopic (exact) mass is 405 g/mol. The van der Waals surface area contributed by atoms with E-state index in [-0.39, 0.29) is 11.8 Å². The van der Waals surface area contributed by atoms with Gasteiger partial charge in [0.2, 0.25) is 18.0 Å². The van der Waals surface area contributed by atoms with Gasteiger partial charge < -0.3 is 10.1 Å². The molecule has 0 aliphatic heterocycles. The van der Waals surface area contributed by atoms with E-state index in [2.05, 4.69) is 39.3 Å². The van der Waals surface area contributed by atoms with Gasteiger partial charge in [-0.15, -0.1) is 9.33 Å². The largest absolute Gasteiger partial charge is 0.484 e. The highest BCUT2D eigenvalue weighted by atomic mass is 32.2. The van der Waals surface area contributed by atoms with E-state index >= 15 is 0 Å². The van der Waals surface area contributed by atoms with Crippen LogP contribution in [0.25, 0.3) is 0 Å². The number of carbonyl (C=O) groups excluding carboxylic acids is 2. The predicted octanol–water partition coefficient (Wildman–Crippen LogP) is 0.654. The summed E-state index contributed by atoms with van der Waals surface area (Å²) in [6.07, 6.45) is 3.32. The van der Waals surface area contributed by atoms with Gasteiger partial charge in [-0.05, 0) is 6.92 Å². The maximum Gasteiger partial charge on any atom is 0.228 e. The molecular formula is C14H27N7O5S. The Balaban J connectivity index is -0.000000132. The summed E-state index contributed by atoms with van der Waals surface area (Å²) in [5.41, 5.74) is 0. The van der Waals surface area contributed by atoms with Crippen molar-refractivity contribution < 1.29 is 23.5 Å². The van der Waals surface area contributed by atoms with Crippen LogP contribution in [0.5, 0.6) is 0 Å². The highest BCUT2D eigenvalue weighted by molar-refractivity contribution is 7.93. The summed E-state index contributed by atoms with van der Waals surface area (Å²) >= 11 is 0.740. The Kier molecular flexibility index (Phi) is 33.0. The van der Waals surface area contributed by atoms with Crippen LogP contribution in [0.15, 0.2) is 9.98 Å². The fourth-order valence-electron chi connectivity index (χ4n) is 0.363. The molecule has 154 valence electrons. The van der Waals surface area contributed by atoms with Crippen LogP contribution in [-0.4, -0.2) is 51.9 Å². The van der Waals surface area contributed by atoms with Crippen LogP contribution in [0.2, 0.25) is 0 Å².